The minimum atomic E-state index is -0.355. The van der Waals surface area contributed by atoms with E-state index in [9.17, 15) is 0 Å². The van der Waals surface area contributed by atoms with Crippen molar-refractivity contribution in [3.8, 4) is 5.75 Å². The minimum Gasteiger partial charge on any atom is -0.466 e. The molecule has 1 atom stereocenters. The van der Waals surface area contributed by atoms with Crippen LogP contribution < -0.4 is 4.74 Å². The molecule has 2 aromatic rings. The molecule has 0 amide bonds. The number of ether oxygens (including phenoxy) is 1. The molecule has 1 spiro atoms. The second-order valence-corrected chi connectivity index (χ2v) is 8.43. The smallest absolute Gasteiger partial charge is 0.200 e. The van der Waals surface area contributed by atoms with Crippen molar-refractivity contribution < 1.29 is 4.74 Å². The zero-order valence-corrected chi connectivity index (χ0v) is 17.0. The summed E-state index contributed by atoms with van der Waals surface area (Å²) in [6.07, 6.45) is 4.00. The van der Waals surface area contributed by atoms with E-state index in [1.165, 1.54) is 12.0 Å². The Bertz CT molecular complexity index is 904. The van der Waals surface area contributed by atoms with Crippen molar-refractivity contribution in [2.75, 3.05) is 19.6 Å². The second kappa shape index (κ2) is 7.09. The van der Waals surface area contributed by atoms with Gasteiger partial charge in [0.25, 0.3) is 0 Å². The lowest BCUT2D eigenvalue weighted by atomic mass is 9.90. The highest BCUT2D eigenvalue weighted by Gasteiger charge is 2.51. The van der Waals surface area contributed by atoms with E-state index in [-0.39, 0.29) is 11.8 Å². The number of para-hydroxylation sites is 1. The minimum absolute atomic E-state index is 0.217. The first-order chi connectivity index (χ1) is 13.7. The average Bonchev–Trinajstić information content (AvgIpc) is 3.17. The Kier molecular flexibility index (Phi) is 4.56. The van der Waals surface area contributed by atoms with Crippen LogP contribution in [0.2, 0.25) is 5.02 Å². The number of hydrogen-bond acceptors (Lipinski definition) is 4. The van der Waals surface area contributed by atoms with E-state index in [0.717, 1.165) is 60.9 Å². The topological polar surface area (TPSA) is 28.1 Å². The van der Waals surface area contributed by atoms with Crippen LogP contribution in [-0.4, -0.2) is 41.0 Å². The molecule has 28 heavy (non-hydrogen) atoms. The fourth-order valence-corrected chi connectivity index (χ4v) is 5.10. The molecule has 3 aliphatic rings. The number of hydrazone groups is 1. The Balaban J connectivity index is 1.53. The molecule has 146 valence electrons. The highest BCUT2D eigenvalue weighted by molar-refractivity contribution is 6.34. The van der Waals surface area contributed by atoms with Crippen LogP contribution in [0.5, 0.6) is 5.75 Å². The molecule has 1 fully saturated rings. The number of halogens is 1. The molecule has 0 aromatic heterocycles. The van der Waals surface area contributed by atoms with Gasteiger partial charge in [0, 0.05) is 48.5 Å². The van der Waals surface area contributed by atoms with Gasteiger partial charge in [-0.2, -0.15) is 5.10 Å². The fourth-order valence-electron chi connectivity index (χ4n) is 4.86. The Hall–Kier alpha value is -2.04. The maximum Gasteiger partial charge on any atom is 0.200 e. The van der Waals surface area contributed by atoms with Gasteiger partial charge in [0.05, 0.1) is 11.8 Å². The van der Waals surface area contributed by atoms with E-state index in [4.69, 9.17) is 21.4 Å². The summed E-state index contributed by atoms with van der Waals surface area (Å²) < 4.78 is 6.67. The maximum atomic E-state index is 6.67. The van der Waals surface area contributed by atoms with Crippen LogP contribution in [-0.2, 0) is 0 Å². The number of likely N-dealkylation sites (tertiary alicyclic amines) is 1. The van der Waals surface area contributed by atoms with Crippen LogP contribution in [0.25, 0.3) is 0 Å². The average molecular weight is 396 g/mol. The van der Waals surface area contributed by atoms with E-state index in [1.54, 1.807) is 0 Å². The van der Waals surface area contributed by atoms with Crippen molar-refractivity contribution in [1.29, 1.82) is 0 Å². The van der Waals surface area contributed by atoms with Gasteiger partial charge < -0.3 is 9.64 Å². The molecule has 1 unspecified atom stereocenters. The van der Waals surface area contributed by atoms with Crippen molar-refractivity contribution in [2.45, 2.75) is 44.4 Å². The Morgan fingerprint density at radius 1 is 1.11 bits per heavy atom. The van der Waals surface area contributed by atoms with Gasteiger partial charge in [-0.05, 0) is 25.1 Å². The van der Waals surface area contributed by atoms with Crippen molar-refractivity contribution in [2.24, 2.45) is 5.10 Å². The summed E-state index contributed by atoms with van der Waals surface area (Å²) in [4.78, 5) is 2.54. The molecular weight excluding hydrogens is 370 g/mol. The molecule has 3 heterocycles. The van der Waals surface area contributed by atoms with Crippen molar-refractivity contribution in [3.63, 3.8) is 0 Å². The molecule has 0 aliphatic carbocycles. The van der Waals surface area contributed by atoms with Crippen molar-refractivity contribution >= 4 is 17.3 Å². The number of benzene rings is 2. The van der Waals surface area contributed by atoms with Crippen LogP contribution >= 0.6 is 11.6 Å². The molecule has 0 radical (unpaired) electrons. The fraction of sp³-hybridized carbons (Fsp3) is 0.435. The summed E-state index contributed by atoms with van der Waals surface area (Å²) in [5, 5.41) is 8.14. The lowest BCUT2D eigenvalue weighted by Gasteiger charge is -2.51. The van der Waals surface area contributed by atoms with Crippen LogP contribution in [0.15, 0.2) is 53.6 Å². The predicted molar refractivity (Wildman–Crippen MR) is 113 cm³/mol. The first-order valence-corrected chi connectivity index (χ1v) is 10.7. The molecule has 0 N–H and O–H groups in total. The summed E-state index contributed by atoms with van der Waals surface area (Å²) in [5.41, 5.74) is 2.97. The normalized spacial score (nSPS) is 23.1. The Morgan fingerprint density at radius 3 is 2.64 bits per heavy atom. The molecular formula is C23H26ClN3O. The predicted octanol–water partition coefficient (Wildman–Crippen LogP) is 5.09. The van der Waals surface area contributed by atoms with Gasteiger partial charge in [0.2, 0.25) is 5.72 Å². The van der Waals surface area contributed by atoms with Gasteiger partial charge in [-0.1, -0.05) is 54.9 Å². The van der Waals surface area contributed by atoms with Crippen LogP contribution in [0.4, 0.5) is 0 Å². The summed E-state index contributed by atoms with van der Waals surface area (Å²) in [7, 11) is 0. The lowest BCUT2D eigenvalue weighted by Crippen LogP contribution is -2.59. The number of nitrogens with zero attached hydrogens (tertiary/aromatic N) is 3. The van der Waals surface area contributed by atoms with E-state index in [1.807, 2.05) is 18.2 Å². The van der Waals surface area contributed by atoms with Crippen LogP contribution in [0, 0.1) is 0 Å². The molecule has 4 nitrogen and oxygen atoms in total. The third-order valence-electron chi connectivity index (χ3n) is 6.27. The van der Waals surface area contributed by atoms with Crippen molar-refractivity contribution in [1.82, 2.24) is 9.91 Å². The van der Waals surface area contributed by atoms with Gasteiger partial charge >= 0.3 is 0 Å². The number of fused-ring (bicyclic) bond motifs is 4. The zero-order valence-electron chi connectivity index (χ0n) is 16.3. The van der Waals surface area contributed by atoms with E-state index in [0.29, 0.717) is 0 Å². The third kappa shape index (κ3) is 2.90. The molecule has 0 bridgehead atoms. The van der Waals surface area contributed by atoms with Gasteiger partial charge in [-0.3, -0.25) is 0 Å². The van der Waals surface area contributed by atoms with Gasteiger partial charge in [0.15, 0.2) is 0 Å². The van der Waals surface area contributed by atoms with E-state index < -0.39 is 0 Å². The maximum absolute atomic E-state index is 6.67. The first kappa shape index (κ1) is 18.0. The lowest BCUT2D eigenvalue weighted by molar-refractivity contribution is -0.149. The van der Waals surface area contributed by atoms with Crippen LogP contribution in [0.1, 0.15) is 49.8 Å². The van der Waals surface area contributed by atoms with Crippen LogP contribution in [0.3, 0.4) is 0 Å². The number of hydrogen-bond donors (Lipinski definition) is 0. The number of rotatable bonds is 3. The molecule has 1 saturated heterocycles. The zero-order chi connectivity index (χ0) is 19.1. The van der Waals surface area contributed by atoms with Crippen molar-refractivity contribution in [3.05, 3.63) is 64.7 Å². The van der Waals surface area contributed by atoms with Gasteiger partial charge in [0.1, 0.15) is 5.75 Å². The highest BCUT2D eigenvalue weighted by Crippen LogP contribution is 2.50. The Morgan fingerprint density at radius 2 is 1.86 bits per heavy atom. The molecule has 5 heteroatoms. The quantitative estimate of drug-likeness (QED) is 0.724. The standard InChI is InChI=1S/C23H26ClN3O/c1-2-13-26-14-11-23(12-15-26)27-21(18-8-4-6-10-22(18)28-23)16-20(25-27)17-7-3-5-9-19(17)24/h3-10,21H,2,11-16H2,1H3. The Labute approximate surface area is 171 Å². The SMILES string of the molecule is CCCN1CCC2(CC1)Oc1ccccc1C1CC(c3ccccc3Cl)=NN12. The third-order valence-corrected chi connectivity index (χ3v) is 6.60. The molecule has 5 rings (SSSR count). The number of piperidine rings is 1. The molecule has 2 aromatic carbocycles. The van der Waals surface area contributed by atoms with E-state index in [2.05, 4.69) is 47.2 Å². The van der Waals surface area contributed by atoms with E-state index >= 15 is 0 Å². The van der Waals surface area contributed by atoms with Gasteiger partial charge in [-0.25, -0.2) is 5.01 Å². The highest BCUT2D eigenvalue weighted by atomic mass is 35.5. The first-order valence-electron chi connectivity index (χ1n) is 10.3. The molecule has 0 saturated carbocycles. The largest absolute Gasteiger partial charge is 0.466 e. The second-order valence-electron chi connectivity index (χ2n) is 8.02. The summed E-state index contributed by atoms with van der Waals surface area (Å²) in [6, 6.07) is 16.7. The summed E-state index contributed by atoms with van der Waals surface area (Å²) in [6.45, 7) is 5.50. The molecule has 3 aliphatic heterocycles. The summed E-state index contributed by atoms with van der Waals surface area (Å²) in [5.74, 6) is 1.02. The monoisotopic (exact) mass is 395 g/mol. The van der Waals surface area contributed by atoms with Gasteiger partial charge in [-0.15, -0.1) is 0 Å². The summed E-state index contributed by atoms with van der Waals surface area (Å²) >= 11 is 6.50.